The maximum absolute atomic E-state index is 12.7. The molecule has 10 heteroatoms. The van der Waals surface area contributed by atoms with E-state index in [-0.39, 0.29) is 44.1 Å². The Kier molecular flexibility index (Phi) is 7.30. The maximum Gasteiger partial charge on any atom is 0.262 e. The van der Waals surface area contributed by atoms with Gasteiger partial charge < -0.3 is 34.5 Å². The Hall–Kier alpha value is -4.73. The van der Waals surface area contributed by atoms with Crippen LogP contribution in [0.15, 0.2) is 66.7 Å². The quantitative estimate of drug-likeness (QED) is 0.448. The van der Waals surface area contributed by atoms with Gasteiger partial charge in [-0.05, 0) is 54.1 Å². The zero-order valence-electron chi connectivity index (χ0n) is 20.8. The summed E-state index contributed by atoms with van der Waals surface area (Å²) >= 11 is 0. The zero-order valence-corrected chi connectivity index (χ0v) is 20.8. The fraction of sp³-hybridized carbons (Fsp3) is 0.250. The summed E-state index contributed by atoms with van der Waals surface area (Å²) in [5, 5.41) is 5.66. The lowest BCUT2D eigenvalue weighted by atomic mass is 10.1. The first-order valence-electron chi connectivity index (χ1n) is 12.1. The van der Waals surface area contributed by atoms with Gasteiger partial charge in [0.05, 0.1) is 13.0 Å². The lowest BCUT2D eigenvalue weighted by molar-refractivity contribution is -0.126. The molecule has 0 radical (unpaired) electrons. The third-order valence-electron chi connectivity index (χ3n) is 6.27. The Morgan fingerprint density at radius 1 is 1.00 bits per heavy atom. The summed E-state index contributed by atoms with van der Waals surface area (Å²) in [4.78, 5) is 39.2. The molecule has 1 fully saturated rings. The summed E-state index contributed by atoms with van der Waals surface area (Å²) in [5.74, 6) is 1.40. The number of hydrogen-bond donors (Lipinski definition) is 2. The van der Waals surface area contributed by atoms with E-state index in [9.17, 15) is 14.4 Å². The van der Waals surface area contributed by atoms with Gasteiger partial charge in [-0.25, -0.2) is 0 Å². The van der Waals surface area contributed by atoms with E-state index >= 15 is 0 Å². The lowest BCUT2D eigenvalue weighted by Gasteiger charge is -2.17. The molecule has 2 N–H and O–H groups in total. The largest absolute Gasteiger partial charge is 0.497 e. The highest BCUT2D eigenvalue weighted by Crippen LogP contribution is 2.32. The molecule has 0 aliphatic carbocycles. The summed E-state index contributed by atoms with van der Waals surface area (Å²) < 4.78 is 21.4. The topological polar surface area (TPSA) is 115 Å². The highest BCUT2D eigenvalue weighted by atomic mass is 16.7. The van der Waals surface area contributed by atoms with Crippen LogP contribution in [0.5, 0.6) is 23.0 Å². The smallest absolute Gasteiger partial charge is 0.262 e. The number of nitrogens with zero attached hydrogens (tertiary/aromatic N) is 1. The molecule has 2 heterocycles. The average Bonchev–Trinajstić information content (AvgIpc) is 3.57. The molecular formula is C28H27N3O7. The van der Waals surface area contributed by atoms with Crippen LogP contribution in [0.1, 0.15) is 12.0 Å². The zero-order chi connectivity index (χ0) is 26.5. The molecule has 2 aliphatic rings. The number of methoxy groups -OCH3 is 1. The van der Waals surface area contributed by atoms with E-state index in [0.29, 0.717) is 40.9 Å². The third kappa shape index (κ3) is 5.80. The Morgan fingerprint density at radius 2 is 1.82 bits per heavy atom. The molecule has 0 saturated carbocycles. The van der Waals surface area contributed by atoms with Crippen molar-refractivity contribution in [3.8, 4) is 23.0 Å². The number of carbonyl (C=O) groups is 3. The van der Waals surface area contributed by atoms with Gasteiger partial charge in [0.1, 0.15) is 11.5 Å². The Morgan fingerprint density at radius 3 is 2.63 bits per heavy atom. The summed E-state index contributed by atoms with van der Waals surface area (Å²) in [5.41, 5.74) is 2.15. The summed E-state index contributed by atoms with van der Waals surface area (Å²) in [7, 11) is 1.56. The van der Waals surface area contributed by atoms with Crippen molar-refractivity contribution in [2.24, 2.45) is 5.92 Å². The number of nitrogens with one attached hydrogen (secondary N) is 2. The summed E-state index contributed by atoms with van der Waals surface area (Å²) in [6.07, 6.45) is 0.135. The molecule has 0 unspecified atom stereocenters. The van der Waals surface area contributed by atoms with Crippen molar-refractivity contribution in [2.45, 2.75) is 13.0 Å². The molecule has 0 spiro atoms. The second kappa shape index (κ2) is 11.1. The van der Waals surface area contributed by atoms with Crippen LogP contribution in [-0.4, -0.2) is 44.8 Å². The molecule has 10 nitrogen and oxygen atoms in total. The van der Waals surface area contributed by atoms with Crippen molar-refractivity contribution in [1.29, 1.82) is 0 Å². The highest BCUT2D eigenvalue weighted by Gasteiger charge is 2.35. The molecular weight excluding hydrogens is 490 g/mol. The minimum Gasteiger partial charge on any atom is -0.497 e. The van der Waals surface area contributed by atoms with E-state index in [1.807, 2.05) is 18.2 Å². The van der Waals surface area contributed by atoms with E-state index in [1.54, 1.807) is 60.5 Å². The van der Waals surface area contributed by atoms with Gasteiger partial charge in [-0.15, -0.1) is 0 Å². The minimum absolute atomic E-state index is 0.125. The molecule has 3 amide bonds. The first kappa shape index (κ1) is 24.9. The average molecular weight is 518 g/mol. The summed E-state index contributed by atoms with van der Waals surface area (Å²) in [6, 6.07) is 19.4. The predicted octanol–water partition coefficient (Wildman–Crippen LogP) is 3.11. The van der Waals surface area contributed by atoms with Crippen LogP contribution in [0.2, 0.25) is 0 Å². The van der Waals surface area contributed by atoms with Gasteiger partial charge in [0, 0.05) is 37.0 Å². The normalized spacial score (nSPS) is 15.8. The van der Waals surface area contributed by atoms with Crippen molar-refractivity contribution in [3.63, 3.8) is 0 Å². The van der Waals surface area contributed by atoms with Crippen molar-refractivity contribution in [3.05, 3.63) is 72.3 Å². The van der Waals surface area contributed by atoms with Crippen molar-refractivity contribution < 1.29 is 33.3 Å². The standard InChI is InChI=1S/C28H27N3O7/c1-35-23-4-2-3-20(13-23)30-26(32)16-36-22-8-6-21(7-9-22)31-15-19(12-27(31)33)28(34)29-14-18-5-10-24-25(11-18)38-17-37-24/h2-11,13,19H,12,14-17H2,1H3,(H,29,34)(H,30,32)/t19-/m0/s1. The van der Waals surface area contributed by atoms with Gasteiger partial charge >= 0.3 is 0 Å². The molecule has 0 bridgehead atoms. The Labute approximate surface area is 219 Å². The SMILES string of the molecule is COc1cccc(NC(=O)COc2ccc(N3C[C@@H](C(=O)NCc4ccc5c(c4)OCO5)CC3=O)cc2)c1. The fourth-order valence-corrected chi connectivity index (χ4v) is 4.29. The molecule has 1 atom stereocenters. The van der Waals surface area contributed by atoms with E-state index in [0.717, 1.165) is 5.56 Å². The maximum atomic E-state index is 12.7. The molecule has 2 aliphatic heterocycles. The van der Waals surface area contributed by atoms with Crippen LogP contribution in [0, 0.1) is 5.92 Å². The number of fused-ring (bicyclic) bond motifs is 1. The predicted molar refractivity (Wildman–Crippen MR) is 138 cm³/mol. The number of ether oxygens (including phenoxy) is 4. The van der Waals surface area contributed by atoms with Crippen LogP contribution in [0.3, 0.4) is 0 Å². The van der Waals surface area contributed by atoms with Gasteiger partial charge in [-0.2, -0.15) is 0 Å². The van der Waals surface area contributed by atoms with Crippen LogP contribution in [0.25, 0.3) is 0 Å². The third-order valence-corrected chi connectivity index (χ3v) is 6.27. The number of anilines is 2. The van der Waals surface area contributed by atoms with Crippen LogP contribution >= 0.6 is 0 Å². The number of rotatable bonds is 9. The fourth-order valence-electron chi connectivity index (χ4n) is 4.29. The Bertz CT molecular complexity index is 1340. The Balaban J connectivity index is 1.10. The van der Waals surface area contributed by atoms with E-state index in [1.165, 1.54) is 0 Å². The second-order valence-electron chi connectivity index (χ2n) is 8.87. The number of carbonyl (C=O) groups excluding carboxylic acids is 3. The van der Waals surface area contributed by atoms with Gasteiger partial charge in [-0.3, -0.25) is 14.4 Å². The van der Waals surface area contributed by atoms with Gasteiger partial charge in [0.2, 0.25) is 18.6 Å². The second-order valence-corrected chi connectivity index (χ2v) is 8.87. The van der Waals surface area contributed by atoms with Gasteiger partial charge in [0.15, 0.2) is 18.1 Å². The molecule has 38 heavy (non-hydrogen) atoms. The molecule has 5 rings (SSSR count). The van der Waals surface area contributed by atoms with Crippen molar-refractivity contribution in [1.82, 2.24) is 5.32 Å². The number of hydrogen-bond acceptors (Lipinski definition) is 7. The van der Waals surface area contributed by atoms with E-state index in [4.69, 9.17) is 18.9 Å². The molecule has 1 saturated heterocycles. The number of amides is 3. The van der Waals surface area contributed by atoms with Gasteiger partial charge in [-0.1, -0.05) is 12.1 Å². The van der Waals surface area contributed by atoms with Crippen LogP contribution in [-0.2, 0) is 20.9 Å². The van der Waals surface area contributed by atoms with E-state index < -0.39 is 5.92 Å². The van der Waals surface area contributed by atoms with E-state index in [2.05, 4.69) is 10.6 Å². The van der Waals surface area contributed by atoms with Gasteiger partial charge in [0.25, 0.3) is 5.91 Å². The molecule has 0 aromatic heterocycles. The minimum atomic E-state index is -0.451. The first-order valence-corrected chi connectivity index (χ1v) is 12.1. The first-order chi connectivity index (χ1) is 18.5. The molecule has 196 valence electrons. The summed E-state index contributed by atoms with van der Waals surface area (Å²) in [6.45, 7) is 0.634. The number of benzene rings is 3. The van der Waals surface area contributed by atoms with Crippen molar-refractivity contribution >= 4 is 29.1 Å². The van der Waals surface area contributed by atoms with Crippen LogP contribution in [0.4, 0.5) is 11.4 Å². The molecule has 3 aromatic rings. The monoisotopic (exact) mass is 517 g/mol. The lowest BCUT2D eigenvalue weighted by Crippen LogP contribution is -2.32. The van der Waals surface area contributed by atoms with Crippen molar-refractivity contribution in [2.75, 3.05) is 37.3 Å². The van der Waals surface area contributed by atoms with Crippen LogP contribution < -0.4 is 34.5 Å². The molecule has 3 aromatic carbocycles. The highest BCUT2D eigenvalue weighted by molar-refractivity contribution is 6.00.